The standard InChI is InChI=1S/C23H23N3O4/c1-16-5-10-21(29-2)20(12-16)26-22(27)14-25-23(28)18-6-8-19(9-7-18)30-15-17-4-3-11-24-13-17/h3-13H,14-15H2,1-2H3,(H,25,28)(H,26,27). The number of anilines is 1. The number of aromatic nitrogens is 1. The molecule has 1 heterocycles. The van der Waals surface area contributed by atoms with Crippen LogP contribution in [0.1, 0.15) is 21.5 Å². The van der Waals surface area contributed by atoms with E-state index in [2.05, 4.69) is 15.6 Å². The number of nitrogens with one attached hydrogen (secondary N) is 2. The smallest absolute Gasteiger partial charge is 0.251 e. The summed E-state index contributed by atoms with van der Waals surface area (Å²) in [6.45, 7) is 2.15. The molecule has 0 saturated heterocycles. The lowest BCUT2D eigenvalue weighted by molar-refractivity contribution is -0.115. The molecule has 2 amide bonds. The van der Waals surface area contributed by atoms with Crippen molar-refractivity contribution in [1.82, 2.24) is 10.3 Å². The minimum absolute atomic E-state index is 0.158. The molecule has 0 atom stereocenters. The second-order valence-corrected chi connectivity index (χ2v) is 6.61. The Hall–Kier alpha value is -3.87. The third-order valence-corrected chi connectivity index (χ3v) is 4.28. The Balaban J connectivity index is 1.50. The van der Waals surface area contributed by atoms with Crippen molar-refractivity contribution in [1.29, 1.82) is 0 Å². The lowest BCUT2D eigenvalue weighted by Gasteiger charge is -2.12. The highest BCUT2D eigenvalue weighted by molar-refractivity contribution is 5.99. The first-order valence-electron chi connectivity index (χ1n) is 9.39. The zero-order valence-electron chi connectivity index (χ0n) is 16.8. The van der Waals surface area contributed by atoms with Gasteiger partial charge in [-0.25, -0.2) is 0 Å². The highest BCUT2D eigenvalue weighted by Gasteiger charge is 2.11. The van der Waals surface area contributed by atoms with E-state index < -0.39 is 0 Å². The van der Waals surface area contributed by atoms with Crippen molar-refractivity contribution in [2.45, 2.75) is 13.5 Å². The van der Waals surface area contributed by atoms with Crippen LogP contribution in [0.3, 0.4) is 0 Å². The van der Waals surface area contributed by atoms with E-state index in [-0.39, 0.29) is 18.4 Å². The molecule has 2 aromatic carbocycles. The van der Waals surface area contributed by atoms with Gasteiger partial charge in [0.2, 0.25) is 5.91 Å². The SMILES string of the molecule is COc1ccc(C)cc1NC(=O)CNC(=O)c1ccc(OCc2cccnc2)cc1. The Kier molecular flexibility index (Phi) is 7.00. The highest BCUT2D eigenvalue weighted by Crippen LogP contribution is 2.25. The van der Waals surface area contributed by atoms with Gasteiger partial charge in [-0.05, 0) is 55.0 Å². The van der Waals surface area contributed by atoms with Gasteiger partial charge in [0.25, 0.3) is 5.91 Å². The fraction of sp³-hybridized carbons (Fsp3) is 0.174. The zero-order chi connectivity index (χ0) is 21.3. The van der Waals surface area contributed by atoms with Crippen LogP contribution in [0, 0.1) is 6.92 Å². The number of carbonyl (C=O) groups is 2. The molecule has 0 unspecified atom stereocenters. The maximum Gasteiger partial charge on any atom is 0.251 e. The molecular formula is C23H23N3O4. The minimum atomic E-state index is -0.347. The quantitative estimate of drug-likeness (QED) is 0.600. The van der Waals surface area contributed by atoms with E-state index in [0.717, 1.165) is 11.1 Å². The van der Waals surface area contributed by atoms with Crippen molar-refractivity contribution < 1.29 is 19.1 Å². The number of amides is 2. The number of carbonyl (C=O) groups excluding carboxylic acids is 2. The molecule has 0 fully saturated rings. The fourth-order valence-corrected chi connectivity index (χ4v) is 2.73. The van der Waals surface area contributed by atoms with Crippen LogP contribution in [0.15, 0.2) is 67.0 Å². The summed E-state index contributed by atoms with van der Waals surface area (Å²) in [7, 11) is 1.53. The van der Waals surface area contributed by atoms with Gasteiger partial charge in [-0.2, -0.15) is 0 Å². The molecule has 0 spiro atoms. The largest absolute Gasteiger partial charge is 0.495 e. The van der Waals surface area contributed by atoms with Gasteiger partial charge in [0, 0.05) is 23.5 Å². The van der Waals surface area contributed by atoms with Gasteiger partial charge in [0.1, 0.15) is 18.1 Å². The Morgan fingerprint density at radius 2 is 1.87 bits per heavy atom. The number of benzene rings is 2. The molecule has 0 aliphatic rings. The molecule has 0 bridgehead atoms. The second-order valence-electron chi connectivity index (χ2n) is 6.61. The van der Waals surface area contributed by atoms with Crippen molar-refractivity contribution in [2.75, 3.05) is 19.0 Å². The number of methoxy groups -OCH3 is 1. The molecule has 3 rings (SSSR count). The van der Waals surface area contributed by atoms with Crippen LogP contribution >= 0.6 is 0 Å². The first-order valence-corrected chi connectivity index (χ1v) is 9.39. The summed E-state index contributed by atoms with van der Waals surface area (Å²) in [5.41, 5.74) is 2.94. The minimum Gasteiger partial charge on any atom is -0.495 e. The maximum absolute atomic E-state index is 12.3. The molecule has 7 nitrogen and oxygen atoms in total. The van der Waals surface area contributed by atoms with Crippen molar-refractivity contribution in [2.24, 2.45) is 0 Å². The Labute approximate surface area is 175 Å². The van der Waals surface area contributed by atoms with E-state index in [0.29, 0.717) is 29.4 Å². The van der Waals surface area contributed by atoms with Crippen LogP contribution in [-0.2, 0) is 11.4 Å². The predicted molar refractivity (Wildman–Crippen MR) is 114 cm³/mol. The van der Waals surface area contributed by atoms with Gasteiger partial charge in [0.15, 0.2) is 0 Å². The van der Waals surface area contributed by atoms with Gasteiger partial charge < -0.3 is 20.1 Å². The summed E-state index contributed by atoms with van der Waals surface area (Å²) < 4.78 is 10.9. The zero-order valence-corrected chi connectivity index (χ0v) is 16.8. The van der Waals surface area contributed by atoms with Crippen LogP contribution < -0.4 is 20.1 Å². The molecule has 30 heavy (non-hydrogen) atoms. The average Bonchev–Trinajstić information content (AvgIpc) is 2.77. The first-order chi connectivity index (χ1) is 14.5. The Bertz CT molecular complexity index is 1000. The Morgan fingerprint density at radius 3 is 2.57 bits per heavy atom. The first kappa shape index (κ1) is 20.9. The normalized spacial score (nSPS) is 10.2. The third kappa shape index (κ3) is 5.81. The van der Waals surface area contributed by atoms with E-state index in [4.69, 9.17) is 9.47 Å². The topological polar surface area (TPSA) is 89.6 Å². The number of hydrogen-bond donors (Lipinski definition) is 2. The number of rotatable bonds is 8. The average molecular weight is 405 g/mol. The molecule has 0 saturated carbocycles. The molecule has 154 valence electrons. The van der Waals surface area contributed by atoms with Gasteiger partial charge in [-0.3, -0.25) is 14.6 Å². The van der Waals surface area contributed by atoms with E-state index in [1.807, 2.05) is 31.2 Å². The molecule has 1 aromatic heterocycles. The molecule has 0 aliphatic heterocycles. The van der Waals surface area contributed by atoms with E-state index in [1.165, 1.54) is 7.11 Å². The molecular weight excluding hydrogens is 382 g/mol. The van der Waals surface area contributed by atoms with Crippen LogP contribution in [0.4, 0.5) is 5.69 Å². The molecule has 3 aromatic rings. The third-order valence-electron chi connectivity index (χ3n) is 4.28. The summed E-state index contributed by atoms with van der Waals surface area (Å²) in [6.07, 6.45) is 3.44. The second kappa shape index (κ2) is 10.1. The highest BCUT2D eigenvalue weighted by atomic mass is 16.5. The van der Waals surface area contributed by atoms with E-state index in [1.54, 1.807) is 42.7 Å². The fourth-order valence-electron chi connectivity index (χ4n) is 2.73. The number of aryl methyl sites for hydroxylation is 1. The van der Waals surface area contributed by atoms with Crippen molar-refractivity contribution in [3.63, 3.8) is 0 Å². The van der Waals surface area contributed by atoms with E-state index >= 15 is 0 Å². The van der Waals surface area contributed by atoms with Gasteiger partial charge in [0.05, 0.1) is 19.3 Å². The van der Waals surface area contributed by atoms with Crippen LogP contribution in [0.25, 0.3) is 0 Å². The van der Waals surface area contributed by atoms with Crippen molar-refractivity contribution >= 4 is 17.5 Å². The summed E-state index contributed by atoms with van der Waals surface area (Å²) >= 11 is 0. The number of ether oxygens (including phenoxy) is 2. The lowest BCUT2D eigenvalue weighted by atomic mass is 10.2. The lowest BCUT2D eigenvalue weighted by Crippen LogP contribution is -2.32. The molecule has 7 heteroatoms. The van der Waals surface area contributed by atoms with E-state index in [9.17, 15) is 9.59 Å². The summed E-state index contributed by atoms with van der Waals surface area (Å²) in [4.78, 5) is 28.5. The monoisotopic (exact) mass is 405 g/mol. The Morgan fingerprint density at radius 1 is 1.07 bits per heavy atom. The van der Waals surface area contributed by atoms with Crippen LogP contribution in [-0.4, -0.2) is 30.5 Å². The summed E-state index contributed by atoms with van der Waals surface area (Å²) in [6, 6.07) is 16.0. The van der Waals surface area contributed by atoms with Gasteiger partial charge in [-0.15, -0.1) is 0 Å². The summed E-state index contributed by atoms with van der Waals surface area (Å²) in [5, 5.41) is 5.35. The predicted octanol–water partition coefficient (Wildman–Crippen LogP) is 3.35. The van der Waals surface area contributed by atoms with Gasteiger partial charge in [-0.1, -0.05) is 12.1 Å². The van der Waals surface area contributed by atoms with Crippen LogP contribution in [0.2, 0.25) is 0 Å². The molecule has 0 radical (unpaired) electrons. The number of nitrogens with zero attached hydrogens (tertiary/aromatic N) is 1. The number of pyridine rings is 1. The van der Waals surface area contributed by atoms with Crippen molar-refractivity contribution in [3.8, 4) is 11.5 Å². The van der Waals surface area contributed by atoms with Gasteiger partial charge >= 0.3 is 0 Å². The molecule has 0 aliphatic carbocycles. The number of hydrogen-bond acceptors (Lipinski definition) is 5. The summed E-state index contributed by atoms with van der Waals surface area (Å²) in [5.74, 6) is 0.505. The maximum atomic E-state index is 12.3. The van der Waals surface area contributed by atoms with Crippen LogP contribution in [0.5, 0.6) is 11.5 Å². The van der Waals surface area contributed by atoms with Crippen molar-refractivity contribution in [3.05, 3.63) is 83.7 Å². The molecule has 2 N–H and O–H groups in total.